The second kappa shape index (κ2) is 7.28. The quantitative estimate of drug-likeness (QED) is 0.668. The molecule has 0 amide bonds. The highest BCUT2D eigenvalue weighted by atomic mass is 32.2. The van der Waals surface area contributed by atoms with Crippen molar-refractivity contribution in [1.82, 2.24) is 19.7 Å². The van der Waals surface area contributed by atoms with E-state index in [2.05, 4.69) is 52.4 Å². The Morgan fingerprint density at radius 3 is 2.50 bits per heavy atom. The first-order chi connectivity index (χ1) is 11.7. The summed E-state index contributed by atoms with van der Waals surface area (Å²) in [6, 6.07) is 14.4. The number of nitrogens with zero attached hydrogens (tertiary/aromatic N) is 5. The first-order valence-electron chi connectivity index (χ1n) is 7.59. The second-order valence-corrected chi connectivity index (χ2v) is 6.70. The van der Waals surface area contributed by atoms with Crippen LogP contribution in [0, 0.1) is 18.3 Å². The fourth-order valence-corrected chi connectivity index (χ4v) is 3.26. The molecular weight excluding hydrogens is 318 g/mol. The number of aromatic nitrogens is 4. The molecule has 1 atom stereocenters. The molecule has 0 saturated carbocycles. The zero-order valence-electron chi connectivity index (χ0n) is 13.5. The molecule has 0 fully saturated rings. The Hall–Kier alpha value is -2.65. The molecule has 0 N–H and O–H groups in total. The fourth-order valence-electron chi connectivity index (χ4n) is 2.35. The van der Waals surface area contributed by atoms with Gasteiger partial charge in [0.05, 0.1) is 6.07 Å². The number of benzene rings is 1. The van der Waals surface area contributed by atoms with Crippen molar-refractivity contribution in [2.24, 2.45) is 7.05 Å². The van der Waals surface area contributed by atoms with Crippen molar-refractivity contribution in [1.29, 1.82) is 5.26 Å². The van der Waals surface area contributed by atoms with Gasteiger partial charge in [0.15, 0.2) is 11.0 Å². The summed E-state index contributed by atoms with van der Waals surface area (Å²) < 4.78 is 1.92. The highest BCUT2D eigenvalue weighted by Gasteiger charge is 2.17. The van der Waals surface area contributed by atoms with Crippen LogP contribution < -0.4 is 0 Å². The Morgan fingerprint density at radius 1 is 1.12 bits per heavy atom. The van der Waals surface area contributed by atoms with Gasteiger partial charge in [-0.2, -0.15) is 5.26 Å². The van der Waals surface area contributed by atoms with Crippen molar-refractivity contribution >= 4 is 11.8 Å². The van der Waals surface area contributed by atoms with Crippen LogP contribution in [0.3, 0.4) is 0 Å². The number of rotatable bonds is 5. The molecule has 3 rings (SSSR count). The number of aryl methyl sites for hydroxylation is 1. The Labute approximate surface area is 145 Å². The van der Waals surface area contributed by atoms with Gasteiger partial charge in [-0.3, -0.25) is 4.98 Å². The Balaban J connectivity index is 1.76. The lowest BCUT2D eigenvalue weighted by Gasteiger charge is -2.09. The fraction of sp³-hybridized carbons (Fsp3) is 0.222. The number of hydrogen-bond donors (Lipinski definition) is 0. The van der Waals surface area contributed by atoms with Gasteiger partial charge in [-0.05, 0) is 31.0 Å². The summed E-state index contributed by atoms with van der Waals surface area (Å²) in [5, 5.41) is 18.5. The van der Waals surface area contributed by atoms with Gasteiger partial charge in [0.25, 0.3) is 0 Å². The van der Waals surface area contributed by atoms with E-state index in [0.29, 0.717) is 6.42 Å². The molecule has 24 heavy (non-hydrogen) atoms. The molecular formula is C18H17N5S. The van der Waals surface area contributed by atoms with Crippen LogP contribution in [0.15, 0.2) is 53.9 Å². The summed E-state index contributed by atoms with van der Waals surface area (Å²) in [5.74, 6) is 0.770. The summed E-state index contributed by atoms with van der Waals surface area (Å²) in [6.45, 7) is 2.06. The van der Waals surface area contributed by atoms with E-state index in [0.717, 1.165) is 22.1 Å². The van der Waals surface area contributed by atoms with Crippen LogP contribution >= 0.6 is 11.8 Å². The Kier molecular flexibility index (Phi) is 4.92. The van der Waals surface area contributed by atoms with Crippen molar-refractivity contribution in [2.75, 3.05) is 0 Å². The predicted molar refractivity (Wildman–Crippen MR) is 94.4 cm³/mol. The average Bonchev–Trinajstić information content (AvgIpc) is 2.97. The lowest BCUT2D eigenvalue weighted by atomic mass is 10.1. The Bertz CT molecular complexity index is 849. The summed E-state index contributed by atoms with van der Waals surface area (Å²) in [4.78, 5) is 4.02. The lowest BCUT2D eigenvalue weighted by Crippen LogP contribution is -2.06. The van der Waals surface area contributed by atoms with Crippen molar-refractivity contribution in [3.8, 4) is 17.5 Å². The topological polar surface area (TPSA) is 67.4 Å². The van der Waals surface area contributed by atoms with Crippen molar-refractivity contribution in [3.63, 3.8) is 0 Å². The largest absolute Gasteiger partial charge is 0.305 e. The minimum atomic E-state index is -0.208. The van der Waals surface area contributed by atoms with Gasteiger partial charge in [0.2, 0.25) is 0 Å². The van der Waals surface area contributed by atoms with E-state index in [4.69, 9.17) is 0 Å². The maximum absolute atomic E-state index is 9.48. The Morgan fingerprint density at radius 2 is 1.83 bits per heavy atom. The third kappa shape index (κ3) is 3.63. The van der Waals surface area contributed by atoms with Crippen LogP contribution in [0.4, 0.5) is 0 Å². The van der Waals surface area contributed by atoms with E-state index < -0.39 is 0 Å². The van der Waals surface area contributed by atoms with Crippen molar-refractivity contribution in [2.45, 2.75) is 23.8 Å². The molecule has 0 aliphatic rings. The van der Waals surface area contributed by atoms with Crippen molar-refractivity contribution < 1.29 is 0 Å². The van der Waals surface area contributed by atoms with Gasteiger partial charge >= 0.3 is 0 Å². The van der Waals surface area contributed by atoms with Gasteiger partial charge in [-0.15, -0.1) is 10.2 Å². The minimum Gasteiger partial charge on any atom is -0.305 e. The van der Waals surface area contributed by atoms with Gasteiger partial charge in [0, 0.05) is 25.0 Å². The highest BCUT2D eigenvalue weighted by Crippen LogP contribution is 2.27. The van der Waals surface area contributed by atoms with Gasteiger partial charge < -0.3 is 4.57 Å². The molecule has 5 nitrogen and oxygen atoms in total. The van der Waals surface area contributed by atoms with Crippen LogP contribution in [0.1, 0.15) is 11.1 Å². The van der Waals surface area contributed by atoms with Gasteiger partial charge in [-0.1, -0.05) is 41.6 Å². The summed E-state index contributed by atoms with van der Waals surface area (Å²) in [5.41, 5.74) is 3.32. The third-order valence-corrected chi connectivity index (χ3v) is 4.83. The molecule has 2 heterocycles. The van der Waals surface area contributed by atoms with E-state index in [9.17, 15) is 5.26 Å². The number of nitriles is 1. The van der Waals surface area contributed by atoms with E-state index in [1.165, 1.54) is 17.3 Å². The highest BCUT2D eigenvalue weighted by molar-refractivity contribution is 8.00. The molecule has 3 aromatic rings. The van der Waals surface area contributed by atoms with Crippen LogP contribution in [0.2, 0.25) is 0 Å². The van der Waals surface area contributed by atoms with E-state index in [1.807, 2.05) is 23.7 Å². The second-order valence-electron chi connectivity index (χ2n) is 5.53. The number of thioether (sulfide) groups is 1. The molecule has 1 unspecified atom stereocenters. The third-order valence-electron chi connectivity index (χ3n) is 3.71. The van der Waals surface area contributed by atoms with Crippen LogP contribution in [0.5, 0.6) is 0 Å². The molecule has 0 radical (unpaired) electrons. The maximum Gasteiger partial charge on any atom is 0.192 e. The molecule has 0 bridgehead atoms. The smallest absolute Gasteiger partial charge is 0.192 e. The monoisotopic (exact) mass is 335 g/mol. The minimum absolute atomic E-state index is 0.208. The van der Waals surface area contributed by atoms with Gasteiger partial charge in [-0.25, -0.2) is 0 Å². The maximum atomic E-state index is 9.48. The average molecular weight is 335 g/mol. The predicted octanol–water partition coefficient (Wildman–Crippen LogP) is 3.41. The molecule has 0 saturated heterocycles. The van der Waals surface area contributed by atoms with Crippen LogP contribution in [-0.4, -0.2) is 25.0 Å². The van der Waals surface area contributed by atoms with E-state index in [1.54, 1.807) is 12.4 Å². The SMILES string of the molecule is Cc1ccc(CC(C#N)Sc2nnc(-c3ccncc3)n2C)cc1. The lowest BCUT2D eigenvalue weighted by molar-refractivity contribution is 0.790. The standard InChI is InChI=1S/C18H17N5S/c1-13-3-5-14(6-4-13)11-16(12-19)24-18-22-21-17(23(18)2)15-7-9-20-10-8-15/h3-10,16H,11H2,1-2H3. The van der Waals surface area contributed by atoms with Crippen molar-refractivity contribution in [3.05, 3.63) is 59.9 Å². The molecule has 1 aromatic carbocycles. The summed E-state index contributed by atoms with van der Waals surface area (Å²) in [7, 11) is 1.92. The zero-order chi connectivity index (χ0) is 16.9. The molecule has 6 heteroatoms. The number of pyridine rings is 1. The first kappa shape index (κ1) is 16.2. The number of hydrogen-bond acceptors (Lipinski definition) is 5. The van der Waals surface area contributed by atoms with Crippen LogP contribution in [0.25, 0.3) is 11.4 Å². The summed E-state index contributed by atoms with van der Waals surface area (Å²) in [6.07, 6.45) is 4.14. The molecule has 0 spiro atoms. The van der Waals surface area contributed by atoms with E-state index in [-0.39, 0.29) is 5.25 Å². The van der Waals surface area contributed by atoms with Gasteiger partial charge in [0.1, 0.15) is 5.25 Å². The van der Waals surface area contributed by atoms with Crippen LogP contribution in [-0.2, 0) is 13.5 Å². The first-order valence-corrected chi connectivity index (χ1v) is 8.47. The molecule has 2 aromatic heterocycles. The molecule has 0 aliphatic carbocycles. The molecule has 120 valence electrons. The summed E-state index contributed by atoms with van der Waals surface area (Å²) >= 11 is 1.44. The molecule has 0 aliphatic heterocycles. The normalized spacial score (nSPS) is 11.9. The zero-order valence-corrected chi connectivity index (χ0v) is 14.4. The van der Waals surface area contributed by atoms with E-state index >= 15 is 0 Å².